The maximum Gasteiger partial charge on any atom is 0.135 e. The number of hydrogen-bond donors (Lipinski definition) is 1. The molecule has 3 rings (SSSR count). The molecule has 0 bridgehead atoms. The van der Waals surface area contributed by atoms with Gasteiger partial charge in [-0.25, -0.2) is 9.97 Å². The minimum Gasteiger partial charge on any atom is -0.392 e. The van der Waals surface area contributed by atoms with Crippen molar-refractivity contribution in [3.8, 4) is 0 Å². The molecular formula is C17H27N3O2. The SMILES string of the molecule is CCO[C@H]1C[C@H](O)C12CCN(c1nc(C)nc(C)c1C)CC2. The van der Waals surface area contributed by atoms with Gasteiger partial charge >= 0.3 is 0 Å². The molecule has 1 aromatic rings. The van der Waals surface area contributed by atoms with E-state index < -0.39 is 0 Å². The Morgan fingerprint density at radius 3 is 2.50 bits per heavy atom. The van der Waals surface area contributed by atoms with Gasteiger partial charge in [-0.15, -0.1) is 0 Å². The van der Waals surface area contributed by atoms with Crippen LogP contribution < -0.4 is 4.90 Å². The Labute approximate surface area is 132 Å². The van der Waals surface area contributed by atoms with Crippen molar-refractivity contribution in [2.45, 2.75) is 59.2 Å². The second-order valence-corrected chi connectivity index (χ2v) is 6.72. The van der Waals surface area contributed by atoms with Crippen molar-refractivity contribution in [1.29, 1.82) is 0 Å². The van der Waals surface area contributed by atoms with Crippen molar-refractivity contribution in [3.05, 3.63) is 17.1 Å². The number of ether oxygens (including phenoxy) is 1. The van der Waals surface area contributed by atoms with Crippen LogP contribution in [0.1, 0.15) is 43.3 Å². The first-order chi connectivity index (χ1) is 10.5. The fraction of sp³-hybridized carbons (Fsp3) is 0.765. The van der Waals surface area contributed by atoms with E-state index in [1.807, 2.05) is 20.8 Å². The van der Waals surface area contributed by atoms with Gasteiger partial charge in [0.05, 0.1) is 12.2 Å². The summed E-state index contributed by atoms with van der Waals surface area (Å²) < 4.78 is 5.84. The monoisotopic (exact) mass is 305 g/mol. The first-order valence-electron chi connectivity index (χ1n) is 8.34. The number of anilines is 1. The number of aliphatic hydroxyl groups excluding tert-OH is 1. The molecule has 5 nitrogen and oxygen atoms in total. The molecule has 0 aromatic carbocycles. The second kappa shape index (κ2) is 5.78. The van der Waals surface area contributed by atoms with E-state index >= 15 is 0 Å². The van der Waals surface area contributed by atoms with Gasteiger partial charge in [0, 0.05) is 42.8 Å². The summed E-state index contributed by atoms with van der Waals surface area (Å²) in [4.78, 5) is 11.4. The molecule has 1 N–H and O–H groups in total. The van der Waals surface area contributed by atoms with Gasteiger partial charge in [0.1, 0.15) is 11.6 Å². The third-order valence-electron chi connectivity index (χ3n) is 5.58. The van der Waals surface area contributed by atoms with Crippen LogP contribution in [0.25, 0.3) is 0 Å². The molecule has 2 atom stereocenters. The molecule has 2 heterocycles. The summed E-state index contributed by atoms with van der Waals surface area (Å²) in [5, 5.41) is 10.3. The topological polar surface area (TPSA) is 58.5 Å². The normalized spacial score (nSPS) is 27.0. The van der Waals surface area contributed by atoms with Crippen LogP contribution in [0.2, 0.25) is 0 Å². The zero-order valence-corrected chi connectivity index (χ0v) is 14.1. The fourth-order valence-electron chi connectivity index (χ4n) is 4.01. The van der Waals surface area contributed by atoms with Crippen molar-refractivity contribution in [2.75, 3.05) is 24.6 Å². The standard InChI is InChI=1S/C17H27N3O2/c1-5-22-15-10-14(21)17(15)6-8-20(9-7-17)16-11(2)12(3)18-13(4)19-16/h14-15,21H,5-10H2,1-4H3/t14-,15-/m0/s1. The van der Waals surface area contributed by atoms with Gasteiger partial charge in [0.2, 0.25) is 0 Å². The Balaban J connectivity index is 1.75. The van der Waals surface area contributed by atoms with Gasteiger partial charge in [0.25, 0.3) is 0 Å². The minimum atomic E-state index is -0.207. The third kappa shape index (κ3) is 2.40. The average Bonchev–Trinajstić information content (AvgIpc) is 2.51. The minimum absolute atomic E-state index is 0.0302. The first-order valence-corrected chi connectivity index (χ1v) is 8.34. The number of nitrogens with zero attached hydrogens (tertiary/aromatic N) is 3. The predicted octanol–water partition coefficient (Wildman–Crippen LogP) is 2.16. The highest BCUT2D eigenvalue weighted by Gasteiger charge is 2.56. The number of aromatic nitrogens is 2. The predicted molar refractivity (Wildman–Crippen MR) is 86.2 cm³/mol. The molecular weight excluding hydrogens is 278 g/mol. The lowest BCUT2D eigenvalue weighted by Crippen LogP contribution is -2.62. The highest BCUT2D eigenvalue weighted by molar-refractivity contribution is 5.48. The lowest BCUT2D eigenvalue weighted by Gasteiger charge is -2.56. The van der Waals surface area contributed by atoms with Crippen LogP contribution >= 0.6 is 0 Å². The van der Waals surface area contributed by atoms with E-state index in [4.69, 9.17) is 4.74 Å². The molecule has 1 aliphatic carbocycles. The van der Waals surface area contributed by atoms with E-state index in [0.717, 1.165) is 61.9 Å². The summed E-state index contributed by atoms with van der Waals surface area (Å²) in [5.41, 5.74) is 2.19. The zero-order valence-electron chi connectivity index (χ0n) is 14.1. The summed E-state index contributed by atoms with van der Waals surface area (Å²) in [5.74, 6) is 1.89. The molecule has 0 radical (unpaired) electrons. The van der Waals surface area contributed by atoms with Crippen LogP contribution in [0.5, 0.6) is 0 Å². The van der Waals surface area contributed by atoms with Crippen LogP contribution in [-0.2, 0) is 4.74 Å². The smallest absolute Gasteiger partial charge is 0.135 e. The van der Waals surface area contributed by atoms with Crippen molar-refractivity contribution in [1.82, 2.24) is 9.97 Å². The molecule has 2 aliphatic rings. The molecule has 5 heteroatoms. The van der Waals surface area contributed by atoms with Crippen molar-refractivity contribution in [2.24, 2.45) is 5.41 Å². The molecule has 1 saturated heterocycles. The Morgan fingerprint density at radius 1 is 1.23 bits per heavy atom. The van der Waals surface area contributed by atoms with Crippen molar-refractivity contribution >= 4 is 5.82 Å². The van der Waals surface area contributed by atoms with E-state index in [1.54, 1.807) is 0 Å². The zero-order chi connectivity index (χ0) is 15.9. The van der Waals surface area contributed by atoms with Gasteiger partial charge in [-0.1, -0.05) is 0 Å². The number of piperidine rings is 1. The molecule has 0 amide bonds. The number of aliphatic hydroxyl groups is 1. The van der Waals surface area contributed by atoms with Gasteiger partial charge in [-0.3, -0.25) is 0 Å². The second-order valence-electron chi connectivity index (χ2n) is 6.72. The van der Waals surface area contributed by atoms with Crippen LogP contribution in [0, 0.1) is 26.2 Å². The van der Waals surface area contributed by atoms with Crippen LogP contribution in [0.15, 0.2) is 0 Å². The molecule has 1 spiro atoms. The largest absolute Gasteiger partial charge is 0.392 e. The molecule has 1 aromatic heterocycles. The summed E-state index contributed by atoms with van der Waals surface area (Å²) in [6.07, 6.45) is 2.75. The Bertz CT molecular complexity index is 551. The summed E-state index contributed by atoms with van der Waals surface area (Å²) in [7, 11) is 0. The van der Waals surface area contributed by atoms with E-state index in [-0.39, 0.29) is 17.6 Å². The van der Waals surface area contributed by atoms with Crippen LogP contribution in [0.4, 0.5) is 5.82 Å². The number of hydrogen-bond acceptors (Lipinski definition) is 5. The lowest BCUT2D eigenvalue weighted by atomic mass is 9.58. The lowest BCUT2D eigenvalue weighted by molar-refractivity contribution is -0.199. The molecule has 1 saturated carbocycles. The Hall–Kier alpha value is -1.20. The summed E-state index contributed by atoms with van der Waals surface area (Å²) in [6.45, 7) is 10.7. The molecule has 22 heavy (non-hydrogen) atoms. The van der Waals surface area contributed by atoms with Gasteiger partial charge < -0.3 is 14.7 Å². The first kappa shape index (κ1) is 15.7. The van der Waals surface area contributed by atoms with Crippen molar-refractivity contribution in [3.63, 3.8) is 0 Å². The fourth-order valence-corrected chi connectivity index (χ4v) is 4.01. The van der Waals surface area contributed by atoms with Crippen molar-refractivity contribution < 1.29 is 9.84 Å². The number of aryl methyl sites for hydroxylation is 2. The quantitative estimate of drug-likeness (QED) is 0.927. The highest BCUT2D eigenvalue weighted by atomic mass is 16.5. The van der Waals surface area contributed by atoms with E-state index in [0.29, 0.717) is 0 Å². The molecule has 0 unspecified atom stereocenters. The summed E-state index contributed by atoms with van der Waals surface area (Å²) >= 11 is 0. The van der Waals surface area contributed by atoms with Gasteiger partial charge in [-0.05, 0) is 40.5 Å². The molecule has 1 aliphatic heterocycles. The molecule has 122 valence electrons. The highest BCUT2D eigenvalue weighted by Crippen LogP contribution is 2.51. The van der Waals surface area contributed by atoms with Crippen LogP contribution in [-0.4, -0.2) is 47.0 Å². The number of rotatable bonds is 3. The van der Waals surface area contributed by atoms with Gasteiger partial charge in [0.15, 0.2) is 0 Å². The Kier molecular flexibility index (Phi) is 4.12. The summed E-state index contributed by atoms with van der Waals surface area (Å²) in [6, 6.07) is 0. The van der Waals surface area contributed by atoms with Gasteiger partial charge in [-0.2, -0.15) is 0 Å². The van der Waals surface area contributed by atoms with Crippen LogP contribution in [0.3, 0.4) is 0 Å². The third-order valence-corrected chi connectivity index (χ3v) is 5.58. The average molecular weight is 305 g/mol. The Morgan fingerprint density at radius 2 is 1.91 bits per heavy atom. The maximum atomic E-state index is 10.3. The van der Waals surface area contributed by atoms with E-state index in [2.05, 4.69) is 21.8 Å². The maximum absolute atomic E-state index is 10.3. The van der Waals surface area contributed by atoms with E-state index in [1.165, 1.54) is 0 Å². The molecule has 2 fully saturated rings. The van der Waals surface area contributed by atoms with E-state index in [9.17, 15) is 5.11 Å².